The van der Waals surface area contributed by atoms with Crippen molar-refractivity contribution in [2.45, 2.75) is 0 Å². The average Bonchev–Trinajstić information content (AvgIpc) is 2.28. The summed E-state index contributed by atoms with van der Waals surface area (Å²) in [5.41, 5.74) is 6.22. The molecule has 0 amide bonds. The number of halogens is 1. The molecule has 3 N–H and O–H groups in total. The molecular weight excluding hydrogens is 223 g/mol. The minimum absolute atomic E-state index is 0.00287. The molecule has 2 rings (SSSR count). The molecule has 0 aliphatic rings. The Bertz CT molecular complexity index is 584. The molecule has 0 unspecified atom stereocenters. The van der Waals surface area contributed by atoms with Crippen LogP contribution in [0.5, 0.6) is 0 Å². The van der Waals surface area contributed by atoms with E-state index in [9.17, 15) is 9.18 Å². The van der Waals surface area contributed by atoms with Gasteiger partial charge in [0.25, 0.3) is 0 Å². The van der Waals surface area contributed by atoms with Crippen molar-refractivity contribution in [3.05, 3.63) is 47.9 Å². The molecule has 0 spiro atoms. The monoisotopic (exact) mass is 232 g/mol. The highest BCUT2D eigenvalue weighted by molar-refractivity contribution is 5.96. The lowest BCUT2D eigenvalue weighted by Crippen LogP contribution is -2.03. The summed E-state index contributed by atoms with van der Waals surface area (Å²) < 4.78 is 13.1. The van der Waals surface area contributed by atoms with Gasteiger partial charge in [0.1, 0.15) is 11.6 Å². The maximum absolute atomic E-state index is 13.1. The van der Waals surface area contributed by atoms with Crippen molar-refractivity contribution >= 4 is 11.8 Å². The first-order valence-electron chi connectivity index (χ1n) is 4.82. The quantitative estimate of drug-likeness (QED) is 0.831. The van der Waals surface area contributed by atoms with Crippen molar-refractivity contribution in [2.75, 3.05) is 5.73 Å². The van der Waals surface area contributed by atoms with Gasteiger partial charge in [-0.05, 0) is 23.8 Å². The molecule has 0 aliphatic heterocycles. The molecule has 1 aromatic carbocycles. The molecule has 0 fully saturated rings. The van der Waals surface area contributed by atoms with Crippen LogP contribution in [0.4, 0.5) is 10.2 Å². The van der Waals surface area contributed by atoms with Crippen LogP contribution in [-0.2, 0) is 0 Å². The Kier molecular flexibility index (Phi) is 2.74. The maximum Gasteiger partial charge on any atom is 0.336 e. The molecule has 86 valence electrons. The summed E-state index contributed by atoms with van der Waals surface area (Å²) in [6.07, 6.45) is 1.33. The molecule has 1 aromatic heterocycles. The Labute approximate surface area is 96.5 Å². The van der Waals surface area contributed by atoms with Gasteiger partial charge in [-0.3, -0.25) is 0 Å². The topological polar surface area (TPSA) is 76.2 Å². The van der Waals surface area contributed by atoms with Crippen molar-refractivity contribution in [3.63, 3.8) is 0 Å². The second-order valence-corrected chi connectivity index (χ2v) is 3.47. The summed E-state index contributed by atoms with van der Waals surface area (Å²) in [7, 11) is 0. The van der Waals surface area contributed by atoms with E-state index in [1.165, 1.54) is 30.5 Å². The van der Waals surface area contributed by atoms with Crippen LogP contribution in [0.2, 0.25) is 0 Å². The van der Waals surface area contributed by atoms with E-state index in [1.54, 1.807) is 6.07 Å². The Morgan fingerprint density at radius 3 is 2.76 bits per heavy atom. The normalized spacial score (nSPS) is 10.2. The Hall–Kier alpha value is -2.43. The standard InChI is InChI=1S/C12H9FN2O2/c13-8-3-1-2-7(4-8)10-6-15-11(14)5-9(10)12(16)17/h1-6H,(H2,14,15)(H,16,17). The molecule has 2 aromatic rings. The minimum Gasteiger partial charge on any atom is -0.478 e. The van der Waals surface area contributed by atoms with Crippen LogP contribution >= 0.6 is 0 Å². The number of hydrogen-bond acceptors (Lipinski definition) is 3. The lowest BCUT2D eigenvalue weighted by Gasteiger charge is -2.06. The van der Waals surface area contributed by atoms with E-state index >= 15 is 0 Å². The summed E-state index contributed by atoms with van der Waals surface area (Å²) >= 11 is 0. The zero-order chi connectivity index (χ0) is 12.4. The van der Waals surface area contributed by atoms with E-state index in [0.717, 1.165) is 0 Å². The first kappa shape index (κ1) is 11.1. The number of benzene rings is 1. The van der Waals surface area contributed by atoms with E-state index in [2.05, 4.69) is 4.98 Å². The number of carboxylic acid groups (broad SMARTS) is 1. The number of rotatable bonds is 2. The highest BCUT2D eigenvalue weighted by atomic mass is 19.1. The van der Waals surface area contributed by atoms with Crippen LogP contribution in [0, 0.1) is 5.82 Å². The number of pyridine rings is 1. The summed E-state index contributed by atoms with van der Waals surface area (Å²) in [4.78, 5) is 14.9. The molecule has 0 saturated carbocycles. The second kappa shape index (κ2) is 4.21. The smallest absolute Gasteiger partial charge is 0.336 e. The third kappa shape index (κ3) is 2.23. The lowest BCUT2D eigenvalue weighted by molar-refractivity contribution is 0.0697. The molecule has 17 heavy (non-hydrogen) atoms. The molecule has 0 aliphatic carbocycles. The van der Waals surface area contributed by atoms with E-state index in [1.807, 2.05) is 0 Å². The van der Waals surface area contributed by atoms with E-state index in [-0.39, 0.29) is 11.4 Å². The van der Waals surface area contributed by atoms with Gasteiger partial charge in [0, 0.05) is 11.8 Å². The summed E-state index contributed by atoms with van der Waals surface area (Å²) in [6, 6.07) is 6.91. The molecule has 0 saturated heterocycles. The van der Waals surface area contributed by atoms with Crippen LogP contribution in [0.1, 0.15) is 10.4 Å². The fourth-order valence-corrected chi connectivity index (χ4v) is 1.53. The minimum atomic E-state index is -1.13. The summed E-state index contributed by atoms with van der Waals surface area (Å²) in [5.74, 6) is -1.45. The van der Waals surface area contributed by atoms with Crippen molar-refractivity contribution in [2.24, 2.45) is 0 Å². The van der Waals surface area contributed by atoms with E-state index < -0.39 is 11.8 Å². The highest BCUT2D eigenvalue weighted by Gasteiger charge is 2.13. The molecule has 4 nitrogen and oxygen atoms in total. The van der Waals surface area contributed by atoms with Gasteiger partial charge in [0.2, 0.25) is 0 Å². The third-order valence-electron chi connectivity index (χ3n) is 2.29. The largest absolute Gasteiger partial charge is 0.478 e. The van der Waals surface area contributed by atoms with Gasteiger partial charge in [-0.2, -0.15) is 0 Å². The second-order valence-electron chi connectivity index (χ2n) is 3.47. The molecule has 0 atom stereocenters. The number of nitrogens with two attached hydrogens (primary N) is 1. The SMILES string of the molecule is Nc1cc(C(=O)O)c(-c2cccc(F)c2)cn1. The van der Waals surface area contributed by atoms with Crippen LogP contribution in [-0.4, -0.2) is 16.1 Å². The highest BCUT2D eigenvalue weighted by Crippen LogP contribution is 2.24. The van der Waals surface area contributed by atoms with Crippen molar-refractivity contribution in [3.8, 4) is 11.1 Å². The molecule has 1 heterocycles. The number of carboxylic acids is 1. The number of anilines is 1. The Morgan fingerprint density at radius 2 is 2.12 bits per heavy atom. The lowest BCUT2D eigenvalue weighted by atomic mass is 10.0. The average molecular weight is 232 g/mol. The van der Waals surface area contributed by atoms with Crippen molar-refractivity contribution < 1.29 is 14.3 Å². The van der Waals surface area contributed by atoms with Crippen LogP contribution in [0.15, 0.2) is 36.5 Å². The van der Waals surface area contributed by atoms with E-state index in [4.69, 9.17) is 10.8 Å². The fourth-order valence-electron chi connectivity index (χ4n) is 1.53. The van der Waals surface area contributed by atoms with Gasteiger partial charge in [-0.15, -0.1) is 0 Å². The molecule has 0 bridgehead atoms. The number of carbonyl (C=O) groups is 1. The maximum atomic E-state index is 13.1. The first-order valence-corrected chi connectivity index (χ1v) is 4.82. The van der Waals surface area contributed by atoms with Gasteiger partial charge >= 0.3 is 5.97 Å². The van der Waals surface area contributed by atoms with Crippen molar-refractivity contribution in [1.82, 2.24) is 4.98 Å². The first-order chi connectivity index (χ1) is 8.08. The molecule has 5 heteroatoms. The number of nitrogen functional groups attached to an aromatic ring is 1. The van der Waals surface area contributed by atoms with Gasteiger partial charge in [0.15, 0.2) is 0 Å². The van der Waals surface area contributed by atoms with Crippen LogP contribution < -0.4 is 5.73 Å². The number of aromatic carboxylic acids is 1. The zero-order valence-corrected chi connectivity index (χ0v) is 8.72. The van der Waals surface area contributed by atoms with Gasteiger partial charge < -0.3 is 10.8 Å². The molecular formula is C12H9FN2O2. The van der Waals surface area contributed by atoms with E-state index in [0.29, 0.717) is 11.1 Å². The molecule has 0 radical (unpaired) electrons. The number of hydrogen-bond donors (Lipinski definition) is 2. The van der Waals surface area contributed by atoms with Crippen molar-refractivity contribution in [1.29, 1.82) is 0 Å². The third-order valence-corrected chi connectivity index (χ3v) is 2.29. The number of aromatic nitrogens is 1. The fraction of sp³-hybridized carbons (Fsp3) is 0. The zero-order valence-electron chi connectivity index (χ0n) is 8.72. The van der Waals surface area contributed by atoms with Gasteiger partial charge in [0.05, 0.1) is 5.56 Å². The number of nitrogens with zero attached hydrogens (tertiary/aromatic N) is 1. The Morgan fingerprint density at radius 1 is 1.35 bits per heavy atom. The van der Waals surface area contributed by atoms with Crippen LogP contribution in [0.25, 0.3) is 11.1 Å². The Balaban J connectivity index is 2.63. The predicted molar refractivity (Wildman–Crippen MR) is 61.0 cm³/mol. The summed E-state index contributed by atoms with van der Waals surface area (Å²) in [5, 5.41) is 9.04. The van der Waals surface area contributed by atoms with Gasteiger partial charge in [-0.25, -0.2) is 14.2 Å². The predicted octanol–water partition coefficient (Wildman–Crippen LogP) is 2.17. The van der Waals surface area contributed by atoms with Crippen LogP contribution in [0.3, 0.4) is 0 Å². The van der Waals surface area contributed by atoms with Gasteiger partial charge in [-0.1, -0.05) is 12.1 Å². The summed E-state index contributed by atoms with van der Waals surface area (Å²) in [6.45, 7) is 0.